The minimum Gasteiger partial charge on any atom is -0.463 e. The highest BCUT2D eigenvalue weighted by Gasteiger charge is 2.58. The number of carbonyl (C=O) groups is 3. The molecular formula is C75H137O24P. The van der Waals surface area contributed by atoms with Gasteiger partial charge in [-0.05, 0) is 25.7 Å². The van der Waals surface area contributed by atoms with E-state index in [1.54, 1.807) is 6.08 Å². The first kappa shape index (κ1) is 91.6. The van der Waals surface area contributed by atoms with Crippen molar-refractivity contribution in [3.05, 3.63) is 24.3 Å². The number of hydrogen-bond acceptors (Lipinski definition) is 23. The molecule has 1 saturated carbocycles. The molecule has 3 fully saturated rings. The van der Waals surface area contributed by atoms with Gasteiger partial charge in [0.25, 0.3) is 0 Å². The lowest BCUT2D eigenvalue weighted by atomic mass is 9.84. The number of aliphatic hydroxyl groups is 10. The third-order valence-corrected chi connectivity index (χ3v) is 20.3. The molecule has 2 saturated heterocycles. The van der Waals surface area contributed by atoms with Crippen LogP contribution in [0.5, 0.6) is 0 Å². The SMILES string of the molecule is CCCCCCCCCCCCC/C=C/C=C/C(=O)OCC(COP(=O)(O)OC1C(OC2OC(CO)C(O)C(O)C2O)C(O)C(O)C(O)C1OC1OC(COC(=O)CCCCCCCCCCCCCCCCCCC)C(O)C(O)C1O)OC(=O)CCCCCCCCCCCCCCC. The van der Waals surface area contributed by atoms with Gasteiger partial charge >= 0.3 is 25.7 Å². The van der Waals surface area contributed by atoms with Crippen molar-refractivity contribution in [3.63, 3.8) is 0 Å². The molecule has 0 bridgehead atoms. The molecule has 0 aromatic rings. The Labute approximate surface area is 598 Å². The third-order valence-electron chi connectivity index (χ3n) is 19.3. The first-order chi connectivity index (χ1) is 48.3. The number of hydrogen-bond donors (Lipinski definition) is 11. The van der Waals surface area contributed by atoms with Crippen LogP contribution in [0.1, 0.15) is 303 Å². The van der Waals surface area contributed by atoms with Crippen molar-refractivity contribution in [2.75, 3.05) is 26.4 Å². The first-order valence-corrected chi connectivity index (χ1v) is 40.7. The number of allylic oxidation sites excluding steroid dienone is 3. The van der Waals surface area contributed by atoms with E-state index in [9.17, 15) is 74.9 Å². The normalized spacial score (nSPS) is 27.4. The topological polar surface area (TPSA) is 374 Å². The average Bonchev–Trinajstić information content (AvgIpc) is 0.760. The zero-order valence-electron chi connectivity index (χ0n) is 61.2. The van der Waals surface area contributed by atoms with E-state index in [0.717, 1.165) is 96.0 Å². The molecule has 2 aliphatic heterocycles. The molecule has 18 unspecified atom stereocenters. The number of rotatable bonds is 61. The zero-order chi connectivity index (χ0) is 73.2. The lowest BCUT2D eigenvalue weighted by Gasteiger charge is -2.49. The minimum atomic E-state index is -5.71. The lowest BCUT2D eigenvalue weighted by molar-refractivity contribution is -0.360. The van der Waals surface area contributed by atoms with Gasteiger partial charge in [0, 0.05) is 18.9 Å². The maximum absolute atomic E-state index is 14.3. The predicted molar refractivity (Wildman–Crippen MR) is 379 cm³/mol. The van der Waals surface area contributed by atoms with E-state index >= 15 is 0 Å². The van der Waals surface area contributed by atoms with Crippen LogP contribution in [0, 0.1) is 0 Å². The molecule has 18 atom stereocenters. The van der Waals surface area contributed by atoms with Crippen LogP contribution in [0.3, 0.4) is 0 Å². The number of ether oxygens (including phenoxy) is 7. The van der Waals surface area contributed by atoms with Crippen molar-refractivity contribution in [2.24, 2.45) is 0 Å². The number of carbonyl (C=O) groups excluding carboxylic acids is 3. The van der Waals surface area contributed by atoms with E-state index in [0.29, 0.717) is 12.8 Å². The Morgan fingerprint density at radius 3 is 1.18 bits per heavy atom. The summed E-state index contributed by atoms with van der Waals surface area (Å²) >= 11 is 0. The van der Waals surface area contributed by atoms with Crippen molar-refractivity contribution < 1.29 is 117 Å². The number of phosphoric ester groups is 1. The van der Waals surface area contributed by atoms with Gasteiger partial charge in [0.2, 0.25) is 0 Å². The van der Waals surface area contributed by atoms with Crippen molar-refractivity contribution in [1.29, 1.82) is 0 Å². The molecule has 100 heavy (non-hydrogen) atoms. The van der Waals surface area contributed by atoms with Crippen LogP contribution in [-0.2, 0) is 61.2 Å². The van der Waals surface area contributed by atoms with Crippen LogP contribution in [0.15, 0.2) is 24.3 Å². The first-order valence-electron chi connectivity index (χ1n) is 39.2. The summed E-state index contributed by atoms with van der Waals surface area (Å²) in [6.07, 6.45) is 18.7. The summed E-state index contributed by atoms with van der Waals surface area (Å²) in [5.74, 6) is -2.24. The molecule has 3 rings (SSSR count). The Bertz CT molecular complexity index is 2160. The molecule has 11 N–H and O–H groups in total. The smallest absolute Gasteiger partial charge is 0.463 e. The fourth-order valence-corrected chi connectivity index (χ4v) is 13.9. The summed E-state index contributed by atoms with van der Waals surface area (Å²) in [5.41, 5.74) is 0. The molecule has 586 valence electrons. The Kier molecular flexibility index (Phi) is 52.0. The van der Waals surface area contributed by atoms with Gasteiger partial charge < -0.3 is 89.1 Å². The van der Waals surface area contributed by atoms with Crippen molar-refractivity contribution in [3.8, 4) is 0 Å². The largest absolute Gasteiger partial charge is 0.472 e. The summed E-state index contributed by atoms with van der Waals surface area (Å²) in [4.78, 5) is 50.9. The van der Waals surface area contributed by atoms with Crippen molar-refractivity contribution in [2.45, 2.75) is 407 Å². The van der Waals surface area contributed by atoms with Gasteiger partial charge in [-0.1, -0.05) is 283 Å². The van der Waals surface area contributed by atoms with E-state index in [4.69, 9.17) is 42.2 Å². The number of esters is 3. The van der Waals surface area contributed by atoms with Gasteiger partial charge in [-0.15, -0.1) is 0 Å². The second-order valence-corrected chi connectivity index (χ2v) is 29.6. The van der Waals surface area contributed by atoms with E-state index in [1.165, 1.54) is 173 Å². The number of unbranched alkanes of at least 4 members (excludes halogenated alkanes) is 39. The Morgan fingerprint density at radius 2 is 0.770 bits per heavy atom. The van der Waals surface area contributed by atoms with Crippen LogP contribution < -0.4 is 0 Å². The van der Waals surface area contributed by atoms with Crippen molar-refractivity contribution in [1.82, 2.24) is 0 Å². The van der Waals surface area contributed by atoms with Gasteiger partial charge in [-0.3, -0.25) is 18.6 Å². The molecule has 2 heterocycles. The average molecular weight is 1450 g/mol. The second-order valence-electron chi connectivity index (χ2n) is 28.2. The van der Waals surface area contributed by atoms with Gasteiger partial charge in [-0.2, -0.15) is 0 Å². The second kappa shape index (κ2) is 56.7. The Morgan fingerprint density at radius 1 is 0.410 bits per heavy atom. The molecule has 3 aliphatic rings. The van der Waals surface area contributed by atoms with E-state index < -0.39 is 156 Å². The standard InChI is InChI=1S/C75H137O24P/c1-4-7-10-13-16-19-22-25-27-28-30-33-35-38-41-44-47-50-60(78)92-55-58-63(81)65(83)70(88)75(96-58)98-72-68(86)66(84)67(85)71(97-74-69(87)64(82)62(80)57(52-76)95-74)73(72)99-100(89,90)93-54-56(94-61(79)51-48-45-42-39-36-31-24-21-18-15-12-9-6-3)53-91-59(77)49-46-43-40-37-34-32-29-26-23-20-17-14-11-8-5-2/h40,43,46,49,56-58,62-76,80-88H,4-39,41-42,44-45,47-48,50-55H2,1-3H3,(H,89,90)/b43-40+,49-46+. The van der Waals surface area contributed by atoms with Gasteiger partial charge in [0.15, 0.2) is 18.7 Å². The van der Waals surface area contributed by atoms with Gasteiger partial charge in [0.05, 0.1) is 13.2 Å². The van der Waals surface area contributed by atoms with Gasteiger partial charge in [0.1, 0.15) is 98.7 Å². The highest BCUT2D eigenvalue weighted by atomic mass is 31.2. The van der Waals surface area contributed by atoms with Crippen LogP contribution in [0.25, 0.3) is 0 Å². The lowest BCUT2D eigenvalue weighted by Crippen LogP contribution is -2.69. The fraction of sp³-hybridized carbons (Fsp3) is 0.907. The predicted octanol–water partition coefficient (Wildman–Crippen LogP) is 11.3. The third kappa shape index (κ3) is 39.2. The summed E-state index contributed by atoms with van der Waals surface area (Å²) < 4.78 is 64.9. The maximum atomic E-state index is 14.3. The summed E-state index contributed by atoms with van der Waals surface area (Å²) in [6, 6.07) is 0. The summed E-state index contributed by atoms with van der Waals surface area (Å²) in [7, 11) is -5.71. The molecule has 1 aliphatic carbocycles. The number of phosphoric acid groups is 1. The molecular weight excluding hydrogens is 1320 g/mol. The molecule has 0 radical (unpaired) electrons. The van der Waals surface area contributed by atoms with E-state index in [-0.39, 0.29) is 12.8 Å². The van der Waals surface area contributed by atoms with Crippen LogP contribution >= 0.6 is 7.82 Å². The summed E-state index contributed by atoms with van der Waals surface area (Å²) in [5, 5.41) is 110. The molecule has 0 aromatic carbocycles. The minimum absolute atomic E-state index is 0.0295. The molecule has 0 aromatic heterocycles. The van der Waals surface area contributed by atoms with Crippen LogP contribution in [0.4, 0.5) is 0 Å². The fourth-order valence-electron chi connectivity index (χ4n) is 13.0. The van der Waals surface area contributed by atoms with Crippen LogP contribution in [0.2, 0.25) is 0 Å². The van der Waals surface area contributed by atoms with Crippen LogP contribution in [-0.4, -0.2) is 204 Å². The van der Waals surface area contributed by atoms with E-state index in [2.05, 4.69) is 20.8 Å². The molecule has 0 spiro atoms. The number of aliphatic hydroxyl groups excluding tert-OH is 10. The Balaban J connectivity index is 1.72. The monoisotopic (exact) mass is 1450 g/mol. The Hall–Kier alpha value is -2.56. The molecule has 0 amide bonds. The highest BCUT2D eigenvalue weighted by molar-refractivity contribution is 7.47. The van der Waals surface area contributed by atoms with E-state index in [1.807, 2.05) is 6.08 Å². The van der Waals surface area contributed by atoms with Gasteiger partial charge in [-0.25, -0.2) is 9.36 Å². The maximum Gasteiger partial charge on any atom is 0.472 e. The van der Waals surface area contributed by atoms with Crippen molar-refractivity contribution >= 4 is 25.7 Å². The highest BCUT2D eigenvalue weighted by Crippen LogP contribution is 2.49. The molecule has 25 heteroatoms. The molecule has 24 nitrogen and oxygen atoms in total. The summed E-state index contributed by atoms with van der Waals surface area (Å²) in [6.45, 7) is 3.36. The zero-order valence-corrected chi connectivity index (χ0v) is 62.1. The quantitative estimate of drug-likeness (QED) is 0.00673.